The third-order valence-electron chi connectivity index (χ3n) is 5.36. The molecular formula is C22H18FN. The summed E-state index contributed by atoms with van der Waals surface area (Å²) in [6.45, 7) is 0. The highest BCUT2D eigenvalue weighted by atomic mass is 19.1. The Morgan fingerprint density at radius 3 is 2.62 bits per heavy atom. The topological polar surface area (TPSA) is 12.0 Å². The Bertz CT molecular complexity index is 986. The number of hydrogen-bond donors (Lipinski definition) is 1. The largest absolute Gasteiger partial charge is 0.374 e. The molecule has 0 bridgehead atoms. The van der Waals surface area contributed by atoms with E-state index in [-0.39, 0.29) is 11.9 Å². The van der Waals surface area contributed by atoms with Gasteiger partial charge in [0.15, 0.2) is 0 Å². The zero-order chi connectivity index (χ0) is 16.1. The highest BCUT2D eigenvalue weighted by Crippen LogP contribution is 2.50. The molecule has 118 valence electrons. The predicted molar refractivity (Wildman–Crippen MR) is 97.5 cm³/mol. The lowest BCUT2D eigenvalue weighted by atomic mass is 9.85. The number of fused-ring (bicyclic) bond motifs is 4. The summed E-state index contributed by atoms with van der Waals surface area (Å²) in [5, 5.41) is 6.18. The van der Waals surface area contributed by atoms with Gasteiger partial charge in [0, 0.05) is 16.8 Å². The van der Waals surface area contributed by atoms with Gasteiger partial charge in [0.2, 0.25) is 0 Å². The molecule has 5 rings (SSSR count). The van der Waals surface area contributed by atoms with Gasteiger partial charge in [-0.2, -0.15) is 0 Å². The lowest BCUT2D eigenvalue weighted by molar-refractivity contribution is 0.601. The standard InChI is InChI=1S/C22H18FN/c23-19-11-4-3-8-18(19)22-17-10-5-9-16(17)21-15-7-2-1-6-14(15)12-13-20(21)24-22/h1-4,6-8,11-13,22,24H,5,9-10H2. The first-order valence-electron chi connectivity index (χ1n) is 8.58. The lowest BCUT2D eigenvalue weighted by Gasteiger charge is -2.31. The summed E-state index contributed by atoms with van der Waals surface area (Å²) in [4.78, 5) is 0. The van der Waals surface area contributed by atoms with E-state index in [1.54, 1.807) is 12.1 Å². The average molecular weight is 315 g/mol. The van der Waals surface area contributed by atoms with Crippen LogP contribution in [0, 0.1) is 5.82 Å². The summed E-state index contributed by atoms with van der Waals surface area (Å²) < 4.78 is 14.4. The quantitative estimate of drug-likeness (QED) is 0.573. The molecule has 0 saturated heterocycles. The second-order valence-corrected chi connectivity index (χ2v) is 6.67. The van der Waals surface area contributed by atoms with Gasteiger partial charge in [0.05, 0.1) is 6.04 Å². The smallest absolute Gasteiger partial charge is 0.128 e. The minimum Gasteiger partial charge on any atom is -0.374 e. The second-order valence-electron chi connectivity index (χ2n) is 6.67. The van der Waals surface area contributed by atoms with E-state index in [2.05, 4.69) is 41.7 Å². The molecule has 1 aliphatic heterocycles. The molecule has 0 radical (unpaired) electrons. The Hall–Kier alpha value is -2.61. The minimum absolute atomic E-state index is 0.0441. The first-order valence-corrected chi connectivity index (χ1v) is 8.58. The normalized spacial score (nSPS) is 19.1. The fraction of sp³-hybridized carbons (Fsp3) is 0.182. The molecule has 1 nitrogen and oxygen atoms in total. The first-order chi connectivity index (χ1) is 11.8. The van der Waals surface area contributed by atoms with E-state index in [9.17, 15) is 4.39 Å². The van der Waals surface area contributed by atoms with Crippen molar-refractivity contribution in [2.45, 2.75) is 25.3 Å². The van der Waals surface area contributed by atoms with Crippen LogP contribution in [0.5, 0.6) is 0 Å². The van der Waals surface area contributed by atoms with Crippen LogP contribution in [0.15, 0.2) is 66.2 Å². The van der Waals surface area contributed by atoms with Gasteiger partial charge in [0.25, 0.3) is 0 Å². The van der Waals surface area contributed by atoms with Crippen LogP contribution in [-0.2, 0) is 0 Å². The Kier molecular flexibility index (Phi) is 2.99. The van der Waals surface area contributed by atoms with Crippen LogP contribution in [-0.4, -0.2) is 0 Å². The van der Waals surface area contributed by atoms with Crippen LogP contribution in [0.1, 0.15) is 36.4 Å². The Morgan fingerprint density at radius 1 is 0.875 bits per heavy atom. The van der Waals surface area contributed by atoms with Crippen molar-refractivity contribution in [1.82, 2.24) is 0 Å². The second kappa shape index (κ2) is 5.20. The molecular weight excluding hydrogens is 297 g/mol. The molecule has 1 unspecified atom stereocenters. The number of benzene rings is 3. The van der Waals surface area contributed by atoms with Gasteiger partial charge >= 0.3 is 0 Å². The molecule has 1 aliphatic carbocycles. The lowest BCUT2D eigenvalue weighted by Crippen LogP contribution is -2.19. The van der Waals surface area contributed by atoms with Gasteiger partial charge in [-0.15, -0.1) is 0 Å². The maximum Gasteiger partial charge on any atom is 0.128 e. The SMILES string of the molecule is Fc1ccccc1C1Nc2ccc3ccccc3c2C2=C1CCC2. The Morgan fingerprint density at radius 2 is 1.71 bits per heavy atom. The van der Waals surface area contributed by atoms with Gasteiger partial charge in [-0.25, -0.2) is 4.39 Å². The van der Waals surface area contributed by atoms with Crippen LogP contribution >= 0.6 is 0 Å². The molecule has 3 aromatic carbocycles. The van der Waals surface area contributed by atoms with Crippen LogP contribution < -0.4 is 5.32 Å². The molecule has 0 fully saturated rings. The number of allylic oxidation sites excluding steroid dienone is 1. The number of rotatable bonds is 1. The summed E-state index contributed by atoms with van der Waals surface area (Å²) >= 11 is 0. The van der Waals surface area contributed by atoms with Crippen LogP contribution in [0.4, 0.5) is 10.1 Å². The summed E-state index contributed by atoms with van der Waals surface area (Å²) in [5.74, 6) is -0.127. The monoisotopic (exact) mass is 315 g/mol. The molecule has 1 atom stereocenters. The van der Waals surface area contributed by atoms with Crippen molar-refractivity contribution < 1.29 is 4.39 Å². The summed E-state index contributed by atoms with van der Waals surface area (Å²) in [6.07, 6.45) is 3.28. The predicted octanol–water partition coefficient (Wildman–Crippen LogP) is 6.08. The van der Waals surface area contributed by atoms with Gasteiger partial charge in [-0.05, 0) is 53.3 Å². The Labute approximate surface area is 140 Å². The van der Waals surface area contributed by atoms with Crippen molar-refractivity contribution in [2.75, 3.05) is 5.32 Å². The molecule has 0 spiro atoms. The van der Waals surface area contributed by atoms with Gasteiger partial charge in [0.1, 0.15) is 5.82 Å². The molecule has 0 amide bonds. The van der Waals surface area contributed by atoms with E-state index >= 15 is 0 Å². The maximum atomic E-state index is 14.4. The van der Waals surface area contributed by atoms with Crippen molar-refractivity contribution in [2.24, 2.45) is 0 Å². The number of anilines is 1. The summed E-state index contributed by atoms with van der Waals surface area (Å²) in [6, 6.07) is 19.9. The Balaban J connectivity index is 1.76. The van der Waals surface area contributed by atoms with E-state index in [0.29, 0.717) is 0 Å². The number of nitrogens with one attached hydrogen (secondary N) is 1. The number of hydrogen-bond acceptors (Lipinski definition) is 1. The molecule has 24 heavy (non-hydrogen) atoms. The molecule has 3 aromatic rings. The fourth-order valence-electron chi connectivity index (χ4n) is 4.31. The molecule has 2 heteroatoms. The maximum absolute atomic E-state index is 14.4. The zero-order valence-corrected chi connectivity index (χ0v) is 13.4. The van der Waals surface area contributed by atoms with E-state index in [0.717, 1.165) is 30.5 Å². The third kappa shape index (κ3) is 1.92. The molecule has 0 saturated carbocycles. The molecule has 1 N–H and O–H groups in total. The van der Waals surface area contributed by atoms with Crippen molar-refractivity contribution in [3.8, 4) is 0 Å². The van der Waals surface area contributed by atoms with Gasteiger partial charge in [-0.3, -0.25) is 0 Å². The molecule has 1 heterocycles. The van der Waals surface area contributed by atoms with E-state index in [1.165, 1.54) is 27.5 Å². The van der Waals surface area contributed by atoms with Crippen molar-refractivity contribution >= 4 is 22.0 Å². The van der Waals surface area contributed by atoms with Crippen LogP contribution in [0.3, 0.4) is 0 Å². The van der Waals surface area contributed by atoms with Crippen molar-refractivity contribution in [3.05, 3.63) is 83.2 Å². The van der Waals surface area contributed by atoms with Gasteiger partial charge < -0.3 is 5.32 Å². The van der Waals surface area contributed by atoms with Gasteiger partial charge in [-0.1, -0.05) is 48.5 Å². The van der Waals surface area contributed by atoms with Crippen LogP contribution in [0.25, 0.3) is 16.3 Å². The summed E-state index contributed by atoms with van der Waals surface area (Å²) in [5.41, 5.74) is 6.00. The minimum atomic E-state index is -0.127. The fourth-order valence-corrected chi connectivity index (χ4v) is 4.31. The van der Waals surface area contributed by atoms with E-state index in [4.69, 9.17) is 0 Å². The number of halogens is 1. The highest BCUT2D eigenvalue weighted by Gasteiger charge is 2.32. The molecule has 0 aromatic heterocycles. The molecule has 2 aliphatic rings. The van der Waals surface area contributed by atoms with Crippen molar-refractivity contribution in [3.63, 3.8) is 0 Å². The van der Waals surface area contributed by atoms with Crippen LogP contribution in [0.2, 0.25) is 0 Å². The average Bonchev–Trinajstić information content (AvgIpc) is 3.11. The van der Waals surface area contributed by atoms with E-state index in [1.807, 2.05) is 12.1 Å². The van der Waals surface area contributed by atoms with Crippen molar-refractivity contribution in [1.29, 1.82) is 0 Å². The highest BCUT2D eigenvalue weighted by molar-refractivity contribution is 6.01. The first kappa shape index (κ1) is 13.8. The van der Waals surface area contributed by atoms with E-state index < -0.39 is 0 Å². The third-order valence-corrected chi connectivity index (χ3v) is 5.36. The zero-order valence-electron chi connectivity index (χ0n) is 13.4. The summed E-state index contributed by atoms with van der Waals surface area (Å²) in [7, 11) is 0.